The van der Waals surface area contributed by atoms with E-state index in [2.05, 4.69) is 25.2 Å². The zero-order valence-electron chi connectivity index (χ0n) is 15.6. The number of allylic oxidation sites excluding steroid dienone is 1. The van der Waals surface area contributed by atoms with Gasteiger partial charge < -0.3 is 25.0 Å². The molecule has 1 heterocycles. The van der Waals surface area contributed by atoms with Gasteiger partial charge in [-0.25, -0.2) is 0 Å². The Morgan fingerprint density at radius 3 is 2.50 bits per heavy atom. The van der Waals surface area contributed by atoms with E-state index in [4.69, 9.17) is 9.47 Å². The maximum absolute atomic E-state index is 10.5. The largest absolute Gasteiger partial charge is 0.507 e. The molecule has 1 aliphatic rings. The minimum absolute atomic E-state index is 0.0963. The minimum Gasteiger partial charge on any atom is -0.507 e. The number of ether oxygens (including phenoxy) is 2. The molecule has 5 heteroatoms. The summed E-state index contributed by atoms with van der Waals surface area (Å²) in [7, 11) is 1.54. The van der Waals surface area contributed by atoms with Gasteiger partial charge in [0.05, 0.1) is 12.1 Å². The SMILES string of the molecule is COCOc1ccc(-c2ccc3c(c2CO)C(C)=CC(C)(C)N3)c(O)c1. The second-order valence-corrected chi connectivity index (χ2v) is 7.08. The van der Waals surface area contributed by atoms with Crippen LogP contribution >= 0.6 is 0 Å². The fraction of sp³-hybridized carbons (Fsp3) is 0.333. The Kier molecular flexibility index (Phi) is 4.94. The molecule has 0 spiro atoms. The number of benzene rings is 2. The number of fused-ring (bicyclic) bond motifs is 1. The summed E-state index contributed by atoms with van der Waals surface area (Å²) in [4.78, 5) is 0. The van der Waals surface area contributed by atoms with E-state index in [0.29, 0.717) is 11.3 Å². The topological polar surface area (TPSA) is 71.0 Å². The monoisotopic (exact) mass is 355 g/mol. The van der Waals surface area contributed by atoms with Crippen molar-refractivity contribution in [2.75, 3.05) is 19.2 Å². The van der Waals surface area contributed by atoms with Crippen LogP contribution in [0.3, 0.4) is 0 Å². The third kappa shape index (κ3) is 3.41. The maximum Gasteiger partial charge on any atom is 0.188 e. The molecule has 26 heavy (non-hydrogen) atoms. The number of aromatic hydroxyl groups is 1. The third-order valence-corrected chi connectivity index (χ3v) is 4.50. The number of rotatable bonds is 5. The molecule has 0 saturated carbocycles. The van der Waals surface area contributed by atoms with Crippen molar-refractivity contribution in [3.05, 3.63) is 47.5 Å². The lowest BCUT2D eigenvalue weighted by molar-refractivity contribution is 0.0510. The molecule has 0 atom stereocenters. The number of phenolic OH excluding ortho intramolecular Hbond substituents is 1. The number of hydrogen-bond acceptors (Lipinski definition) is 5. The Morgan fingerprint density at radius 2 is 1.85 bits per heavy atom. The first-order valence-corrected chi connectivity index (χ1v) is 8.56. The van der Waals surface area contributed by atoms with Crippen LogP contribution in [-0.4, -0.2) is 29.7 Å². The molecule has 0 unspecified atom stereocenters. The Bertz CT molecular complexity index is 855. The van der Waals surface area contributed by atoms with Crippen LogP contribution in [0.4, 0.5) is 5.69 Å². The van der Waals surface area contributed by atoms with Crippen molar-refractivity contribution in [2.45, 2.75) is 32.9 Å². The lowest BCUT2D eigenvalue weighted by Crippen LogP contribution is -2.31. The number of aliphatic hydroxyl groups is 1. The number of methoxy groups -OCH3 is 1. The van der Waals surface area contributed by atoms with Crippen molar-refractivity contribution in [3.63, 3.8) is 0 Å². The van der Waals surface area contributed by atoms with Gasteiger partial charge in [-0.1, -0.05) is 12.1 Å². The predicted molar refractivity (Wildman–Crippen MR) is 103 cm³/mol. The van der Waals surface area contributed by atoms with Crippen molar-refractivity contribution in [1.29, 1.82) is 0 Å². The summed E-state index contributed by atoms with van der Waals surface area (Å²) in [6, 6.07) is 9.05. The first kappa shape index (κ1) is 18.3. The van der Waals surface area contributed by atoms with E-state index < -0.39 is 0 Å². The summed E-state index contributed by atoms with van der Waals surface area (Å²) in [6.07, 6.45) is 2.15. The lowest BCUT2D eigenvalue weighted by atomic mass is 9.85. The molecular weight excluding hydrogens is 330 g/mol. The molecule has 0 bridgehead atoms. The first-order chi connectivity index (χ1) is 12.4. The molecular formula is C21H25NO4. The van der Waals surface area contributed by atoms with Gasteiger partial charge in [0.1, 0.15) is 11.5 Å². The summed E-state index contributed by atoms with van der Waals surface area (Å²) in [5.74, 6) is 0.620. The Morgan fingerprint density at radius 1 is 1.12 bits per heavy atom. The van der Waals surface area contributed by atoms with Gasteiger partial charge in [0.15, 0.2) is 6.79 Å². The lowest BCUT2D eigenvalue weighted by Gasteiger charge is -2.33. The molecule has 3 N–H and O–H groups in total. The van der Waals surface area contributed by atoms with E-state index in [1.165, 1.54) is 0 Å². The number of aliphatic hydroxyl groups excluding tert-OH is 1. The molecule has 0 aromatic heterocycles. The summed E-state index contributed by atoms with van der Waals surface area (Å²) in [5, 5.41) is 24.0. The number of nitrogens with one attached hydrogen (secondary N) is 1. The Balaban J connectivity index is 2.09. The van der Waals surface area contributed by atoms with E-state index in [-0.39, 0.29) is 24.7 Å². The van der Waals surface area contributed by atoms with E-state index in [9.17, 15) is 10.2 Å². The van der Waals surface area contributed by atoms with Gasteiger partial charge in [0, 0.05) is 30.0 Å². The van der Waals surface area contributed by atoms with Crippen LogP contribution in [0.15, 0.2) is 36.4 Å². The van der Waals surface area contributed by atoms with Crippen molar-refractivity contribution >= 4 is 11.3 Å². The van der Waals surface area contributed by atoms with Gasteiger partial charge in [-0.3, -0.25) is 0 Å². The molecule has 138 valence electrons. The van der Waals surface area contributed by atoms with Gasteiger partial charge in [0.25, 0.3) is 0 Å². The number of anilines is 1. The van der Waals surface area contributed by atoms with Crippen LogP contribution in [0.5, 0.6) is 11.5 Å². The smallest absolute Gasteiger partial charge is 0.188 e. The van der Waals surface area contributed by atoms with Crippen molar-refractivity contribution in [3.8, 4) is 22.6 Å². The molecule has 0 saturated heterocycles. The molecule has 1 aliphatic heterocycles. The quantitative estimate of drug-likeness (QED) is 0.703. The normalized spacial score (nSPS) is 15.0. The summed E-state index contributed by atoms with van der Waals surface area (Å²) in [5.41, 5.74) is 5.18. The highest BCUT2D eigenvalue weighted by atomic mass is 16.7. The second kappa shape index (κ2) is 7.02. The summed E-state index contributed by atoms with van der Waals surface area (Å²) >= 11 is 0. The average molecular weight is 355 g/mol. The Hall–Kier alpha value is -2.50. The number of hydrogen-bond donors (Lipinski definition) is 3. The van der Waals surface area contributed by atoms with Crippen LogP contribution in [0.2, 0.25) is 0 Å². The highest BCUT2D eigenvalue weighted by Gasteiger charge is 2.26. The standard InChI is InChI=1S/C21H25NO4/c1-13-10-21(2,3)22-18-8-7-15(17(11-23)20(13)18)16-6-5-14(9-19(16)24)26-12-25-4/h5-10,22-24H,11-12H2,1-4H3. The van der Waals surface area contributed by atoms with Crippen LogP contribution in [0.25, 0.3) is 16.7 Å². The molecule has 0 aliphatic carbocycles. The maximum atomic E-state index is 10.5. The third-order valence-electron chi connectivity index (χ3n) is 4.50. The Labute approximate surface area is 153 Å². The van der Waals surface area contributed by atoms with E-state index in [1.54, 1.807) is 25.3 Å². The van der Waals surface area contributed by atoms with Crippen molar-refractivity contribution in [2.24, 2.45) is 0 Å². The van der Waals surface area contributed by atoms with Gasteiger partial charge in [-0.2, -0.15) is 0 Å². The molecule has 0 fully saturated rings. The van der Waals surface area contributed by atoms with Gasteiger partial charge in [-0.05, 0) is 55.7 Å². The van der Waals surface area contributed by atoms with E-state index >= 15 is 0 Å². The van der Waals surface area contributed by atoms with Crippen LogP contribution < -0.4 is 10.1 Å². The highest BCUT2D eigenvalue weighted by molar-refractivity contribution is 5.88. The molecule has 3 rings (SSSR count). The molecule has 0 amide bonds. The first-order valence-electron chi connectivity index (χ1n) is 8.56. The van der Waals surface area contributed by atoms with Crippen LogP contribution in [0, 0.1) is 0 Å². The molecule has 2 aromatic rings. The van der Waals surface area contributed by atoms with E-state index in [0.717, 1.165) is 28.0 Å². The zero-order valence-corrected chi connectivity index (χ0v) is 15.6. The van der Waals surface area contributed by atoms with Crippen LogP contribution in [0.1, 0.15) is 31.9 Å². The predicted octanol–water partition coefficient (Wildman–Crippen LogP) is 4.14. The van der Waals surface area contributed by atoms with Crippen molar-refractivity contribution < 1.29 is 19.7 Å². The number of phenols is 1. The highest BCUT2D eigenvalue weighted by Crippen LogP contribution is 2.42. The van der Waals surface area contributed by atoms with Gasteiger partial charge in [0.2, 0.25) is 0 Å². The summed E-state index contributed by atoms with van der Waals surface area (Å²) < 4.78 is 10.2. The van der Waals surface area contributed by atoms with Crippen LogP contribution in [-0.2, 0) is 11.3 Å². The van der Waals surface area contributed by atoms with Crippen molar-refractivity contribution in [1.82, 2.24) is 0 Å². The minimum atomic E-state index is -0.145. The molecule has 2 aromatic carbocycles. The van der Waals surface area contributed by atoms with Gasteiger partial charge >= 0.3 is 0 Å². The van der Waals surface area contributed by atoms with Gasteiger partial charge in [-0.15, -0.1) is 0 Å². The average Bonchev–Trinajstić information content (AvgIpc) is 2.58. The zero-order chi connectivity index (χ0) is 18.9. The fourth-order valence-electron chi connectivity index (χ4n) is 3.57. The van der Waals surface area contributed by atoms with E-state index in [1.807, 2.05) is 19.1 Å². The molecule has 5 nitrogen and oxygen atoms in total. The summed E-state index contributed by atoms with van der Waals surface area (Å²) in [6.45, 7) is 6.26. The second-order valence-electron chi connectivity index (χ2n) is 7.08. The molecule has 0 radical (unpaired) electrons. The fourth-order valence-corrected chi connectivity index (χ4v) is 3.57.